The molecule has 2 amide bonds. The summed E-state index contributed by atoms with van der Waals surface area (Å²) in [5.74, 6) is -3.63. The average Bonchev–Trinajstić information content (AvgIpc) is 3.22. The Balaban J connectivity index is 1.68. The fraction of sp³-hybridized carbons (Fsp3) is 0.625. The molecule has 0 spiro atoms. The van der Waals surface area contributed by atoms with Crippen LogP contribution >= 0.6 is 0 Å². The molecule has 2 atom stereocenters. The van der Waals surface area contributed by atoms with Gasteiger partial charge in [0.2, 0.25) is 17.7 Å². The molecule has 1 aliphatic heterocycles. The molecule has 1 aromatic rings. The van der Waals surface area contributed by atoms with Crippen molar-refractivity contribution in [1.29, 1.82) is 5.41 Å². The minimum absolute atomic E-state index is 0.0744. The number of nitrogens with one attached hydrogen (secondary N) is 3. The Morgan fingerprint density at radius 2 is 1.91 bits per heavy atom. The summed E-state index contributed by atoms with van der Waals surface area (Å²) in [4.78, 5) is 43.6. The van der Waals surface area contributed by atoms with Gasteiger partial charge in [0.05, 0.1) is 18.4 Å². The lowest BCUT2D eigenvalue weighted by Crippen LogP contribution is -2.53. The molecule has 2 unspecified atom stereocenters. The van der Waals surface area contributed by atoms with E-state index in [9.17, 15) is 23.2 Å². The topological polar surface area (TPSA) is 115 Å². The number of anilines is 1. The molecular formula is C24H33F2N5O3. The van der Waals surface area contributed by atoms with E-state index in [4.69, 9.17) is 5.41 Å². The average molecular weight is 478 g/mol. The summed E-state index contributed by atoms with van der Waals surface area (Å²) in [6.45, 7) is 3.20. The third kappa shape index (κ3) is 6.15. The third-order valence-corrected chi connectivity index (χ3v) is 6.65. The van der Waals surface area contributed by atoms with Gasteiger partial charge in [-0.3, -0.25) is 24.8 Å². The van der Waals surface area contributed by atoms with Gasteiger partial charge in [0.25, 0.3) is 0 Å². The number of halogens is 2. The largest absolute Gasteiger partial charge is 0.374 e. The van der Waals surface area contributed by atoms with Gasteiger partial charge in [0, 0.05) is 43.6 Å². The summed E-state index contributed by atoms with van der Waals surface area (Å²) < 4.78 is 26.9. The van der Waals surface area contributed by atoms with Gasteiger partial charge in [-0.05, 0) is 38.2 Å². The highest BCUT2D eigenvalue weighted by atomic mass is 19.3. The van der Waals surface area contributed by atoms with Crippen molar-refractivity contribution in [3.05, 3.63) is 24.0 Å². The van der Waals surface area contributed by atoms with Crippen molar-refractivity contribution in [3.8, 4) is 0 Å². The van der Waals surface area contributed by atoms with E-state index in [0.29, 0.717) is 24.1 Å². The van der Waals surface area contributed by atoms with Crippen molar-refractivity contribution in [2.45, 2.75) is 89.3 Å². The zero-order valence-corrected chi connectivity index (χ0v) is 19.7. The van der Waals surface area contributed by atoms with E-state index in [2.05, 4.69) is 15.6 Å². The molecule has 1 saturated carbocycles. The van der Waals surface area contributed by atoms with E-state index in [1.807, 2.05) is 6.92 Å². The van der Waals surface area contributed by atoms with E-state index in [-0.39, 0.29) is 61.8 Å². The maximum atomic E-state index is 13.5. The number of pyridine rings is 1. The molecule has 2 heterocycles. The zero-order valence-electron chi connectivity index (χ0n) is 19.7. The van der Waals surface area contributed by atoms with Gasteiger partial charge in [0.15, 0.2) is 5.78 Å². The van der Waals surface area contributed by atoms with Crippen LogP contribution in [0.5, 0.6) is 0 Å². The van der Waals surface area contributed by atoms with Crippen LogP contribution in [0.25, 0.3) is 0 Å². The number of alkyl halides is 2. The molecule has 0 aromatic carbocycles. The Hall–Kier alpha value is -2.91. The number of nitrogens with zero attached hydrogens (tertiary/aromatic N) is 2. The Morgan fingerprint density at radius 1 is 1.21 bits per heavy atom. The maximum Gasteiger partial charge on any atom is 0.248 e. The highest BCUT2D eigenvalue weighted by Crippen LogP contribution is 2.34. The SMILES string of the molecule is CCCC1CCC(C(=O)NC2CCC(F)(F)CC2)N1C(=O)CNc1cnccc1C(=N)C(C)=O. The number of aromatic nitrogens is 1. The van der Waals surface area contributed by atoms with Gasteiger partial charge in [-0.15, -0.1) is 0 Å². The number of Topliss-reactive ketones (excluding diaryl/α,β-unsaturated/α-hetero) is 1. The molecule has 1 saturated heterocycles. The van der Waals surface area contributed by atoms with Crippen LogP contribution in [0.3, 0.4) is 0 Å². The minimum atomic E-state index is -2.67. The van der Waals surface area contributed by atoms with Crippen LogP contribution in [0.15, 0.2) is 18.5 Å². The van der Waals surface area contributed by atoms with Crippen molar-refractivity contribution < 1.29 is 23.2 Å². The summed E-state index contributed by atoms with van der Waals surface area (Å²) in [7, 11) is 0. The van der Waals surface area contributed by atoms with Crippen LogP contribution < -0.4 is 10.6 Å². The molecule has 8 nitrogen and oxygen atoms in total. The van der Waals surface area contributed by atoms with Crippen molar-refractivity contribution in [1.82, 2.24) is 15.2 Å². The van der Waals surface area contributed by atoms with E-state index < -0.39 is 17.7 Å². The van der Waals surface area contributed by atoms with Crippen LogP contribution in [0, 0.1) is 5.41 Å². The highest BCUT2D eigenvalue weighted by molar-refractivity contribution is 6.45. The second-order valence-electron chi connectivity index (χ2n) is 9.18. The zero-order chi connectivity index (χ0) is 24.9. The van der Waals surface area contributed by atoms with Gasteiger partial charge in [-0.25, -0.2) is 8.78 Å². The molecule has 1 aromatic heterocycles. The van der Waals surface area contributed by atoms with Crippen molar-refractivity contribution in [2.75, 3.05) is 11.9 Å². The van der Waals surface area contributed by atoms with E-state index in [1.165, 1.54) is 25.4 Å². The third-order valence-electron chi connectivity index (χ3n) is 6.65. The lowest BCUT2D eigenvalue weighted by Gasteiger charge is -2.33. The summed E-state index contributed by atoms with van der Waals surface area (Å²) in [6.07, 6.45) is 5.75. The van der Waals surface area contributed by atoms with Crippen LogP contribution in [0.2, 0.25) is 0 Å². The predicted molar refractivity (Wildman–Crippen MR) is 124 cm³/mol. The highest BCUT2D eigenvalue weighted by Gasteiger charge is 2.42. The van der Waals surface area contributed by atoms with Crippen molar-refractivity contribution in [3.63, 3.8) is 0 Å². The van der Waals surface area contributed by atoms with Crippen molar-refractivity contribution >= 4 is 29.0 Å². The van der Waals surface area contributed by atoms with Gasteiger partial charge < -0.3 is 15.5 Å². The second kappa shape index (κ2) is 11.0. The molecule has 2 aliphatic rings. The van der Waals surface area contributed by atoms with Gasteiger partial charge in [-0.1, -0.05) is 13.3 Å². The fourth-order valence-electron chi connectivity index (χ4n) is 4.82. The number of hydrogen-bond donors (Lipinski definition) is 3. The molecule has 34 heavy (non-hydrogen) atoms. The van der Waals surface area contributed by atoms with Crippen LogP contribution in [-0.2, 0) is 14.4 Å². The number of likely N-dealkylation sites (tertiary alicyclic amines) is 1. The first-order chi connectivity index (χ1) is 16.1. The minimum Gasteiger partial charge on any atom is -0.374 e. The smallest absolute Gasteiger partial charge is 0.248 e. The number of hydrogen-bond acceptors (Lipinski definition) is 6. The van der Waals surface area contributed by atoms with Gasteiger partial charge in [0.1, 0.15) is 11.8 Å². The quantitative estimate of drug-likeness (QED) is 0.472. The number of carbonyl (C=O) groups is 3. The normalized spacial score (nSPS) is 22.3. The molecule has 1 aliphatic carbocycles. The first-order valence-electron chi connectivity index (χ1n) is 11.9. The van der Waals surface area contributed by atoms with Gasteiger partial charge >= 0.3 is 0 Å². The summed E-state index contributed by atoms with van der Waals surface area (Å²) >= 11 is 0. The standard InChI is InChI=1S/C24H33F2N5O3/c1-3-4-17-5-6-20(23(34)30-16-7-10-24(25,26)11-8-16)31(17)21(33)14-29-19-13-28-12-9-18(19)22(27)15(2)32/h9,12-13,16-17,20,27,29H,3-8,10-11,14H2,1-2H3,(H,30,34). The lowest BCUT2D eigenvalue weighted by molar-refractivity contribution is -0.139. The van der Waals surface area contributed by atoms with E-state index in [0.717, 1.165) is 12.8 Å². The molecule has 3 N–H and O–H groups in total. The molecule has 2 fully saturated rings. The van der Waals surface area contributed by atoms with E-state index in [1.54, 1.807) is 4.90 Å². The first kappa shape index (κ1) is 25.7. The maximum absolute atomic E-state index is 13.5. The molecule has 0 radical (unpaired) electrons. The molecule has 186 valence electrons. The second-order valence-corrected chi connectivity index (χ2v) is 9.18. The van der Waals surface area contributed by atoms with Gasteiger partial charge in [-0.2, -0.15) is 0 Å². The number of rotatable bonds is 9. The predicted octanol–water partition coefficient (Wildman–Crippen LogP) is 3.30. The number of carbonyl (C=O) groups excluding carboxylic acids is 3. The summed E-state index contributed by atoms with van der Waals surface area (Å²) in [5, 5.41) is 13.9. The monoisotopic (exact) mass is 477 g/mol. The number of amides is 2. The fourth-order valence-corrected chi connectivity index (χ4v) is 4.82. The Bertz CT molecular complexity index is 929. The Kier molecular flexibility index (Phi) is 8.33. The van der Waals surface area contributed by atoms with Crippen LogP contribution in [-0.4, -0.2) is 63.8 Å². The molecule has 10 heteroatoms. The molecular weight excluding hydrogens is 444 g/mol. The van der Waals surface area contributed by atoms with Crippen LogP contribution in [0.1, 0.15) is 70.8 Å². The number of ketones is 1. The van der Waals surface area contributed by atoms with Crippen LogP contribution in [0.4, 0.5) is 14.5 Å². The first-order valence-corrected chi connectivity index (χ1v) is 11.9. The summed E-state index contributed by atoms with van der Waals surface area (Å²) in [5.41, 5.74) is 0.564. The lowest BCUT2D eigenvalue weighted by atomic mass is 9.92. The van der Waals surface area contributed by atoms with Crippen molar-refractivity contribution in [2.24, 2.45) is 0 Å². The molecule has 0 bridgehead atoms. The summed E-state index contributed by atoms with van der Waals surface area (Å²) in [6, 6.07) is 0.519. The molecule has 3 rings (SSSR count). The van der Waals surface area contributed by atoms with E-state index >= 15 is 0 Å². The Morgan fingerprint density at radius 3 is 2.56 bits per heavy atom. The Labute approximate surface area is 198 Å².